The van der Waals surface area contributed by atoms with Crippen LogP contribution in [0.15, 0.2) is 48.5 Å². The molecule has 0 spiro atoms. The highest BCUT2D eigenvalue weighted by molar-refractivity contribution is 6.12. The Morgan fingerprint density at radius 3 is 2.58 bits per heavy atom. The summed E-state index contributed by atoms with van der Waals surface area (Å²) in [6.45, 7) is 6.60. The van der Waals surface area contributed by atoms with E-state index in [2.05, 4.69) is 9.88 Å². The molecule has 33 heavy (non-hydrogen) atoms. The lowest BCUT2D eigenvalue weighted by Gasteiger charge is -2.24. The number of Topliss-reactive ketones (excluding diaryl/α,β-unsaturated/α-hetero) is 1. The standard InChI is InChI=1S/C26H29N3O4/c1-17-15-21(18(2)28(17)13-8-14-33-4)23(30)16-29-24(31)26(3,27-25(29)32)22-12-7-10-19-9-5-6-11-20(19)22/h5-7,9-12,15H,8,13-14,16H2,1-4H3,(H,27,32). The summed E-state index contributed by atoms with van der Waals surface area (Å²) < 4.78 is 7.19. The number of amides is 3. The minimum absolute atomic E-state index is 0.258. The number of hydrogen-bond acceptors (Lipinski definition) is 4. The second-order valence-electron chi connectivity index (χ2n) is 8.68. The van der Waals surface area contributed by atoms with E-state index < -0.39 is 17.5 Å². The van der Waals surface area contributed by atoms with Crippen LogP contribution < -0.4 is 5.32 Å². The molecule has 2 heterocycles. The third-order valence-electron chi connectivity index (χ3n) is 6.51. The van der Waals surface area contributed by atoms with Gasteiger partial charge in [0.1, 0.15) is 5.54 Å². The smallest absolute Gasteiger partial charge is 0.325 e. The van der Waals surface area contributed by atoms with Crippen molar-refractivity contribution in [3.63, 3.8) is 0 Å². The quantitative estimate of drug-likeness (QED) is 0.322. The van der Waals surface area contributed by atoms with Gasteiger partial charge < -0.3 is 14.6 Å². The van der Waals surface area contributed by atoms with Gasteiger partial charge >= 0.3 is 6.03 Å². The first-order chi connectivity index (χ1) is 15.8. The number of aromatic nitrogens is 1. The molecular weight excluding hydrogens is 418 g/mol. The number of ether oxygens (including phenoxy) is 1. The molecule has 7 heteroatoms. The van der Waals surface area contributed by atoms with Crippen LogP contribution in [0.1, 0.15) is 40.7 Å². The summed E-state index contributed by atoms with van der Waals surface area (Å²) in [5.74, 6) is -0.683. The van der Waals surface area contributed by atoms with Gasteiger partial charge in [-0.05, 0) is 49.6 Å². The third kappa shape index (κ3) is 3.93. The number of hydrogen-bond donors (Lipinski definition) is 1. The fourth-order valence-electron chi connectivity index (χ4n) is 4.71. The van der Waals surface area contributed by atoms with Crippen molar-refractivity contribution in [2.45, 2.75) is 39.3 Å². The van der Waals surface area contributed by atoms with Crippen LogP contribution >= 0.6 is 0 Å². The molecule has 3 amide bonds. The maximum absolute atomic E-state index is 13.5. The monoisotopic (exact) mass is 447 g/mol. The molecule has 0 bridgehead atoms. The number of urea groups is 1. The molecule has 0 radical (unpaired) electrons. The Morgan fingerprint density at radius 2 is 1.82 bits per heavy atom. The van der Waals surface area contributed by atoms with Gasteiger partial charge in [-0.15, -0.1) is 0 Å². The van der Waals surface area contributed by atoms with Gasteiger partial charge in [0.25, 0.3) is 5.91 Å². The highest BCUT2D eigenvalue weighted by Crippen LogP contribution is 2.34. The van der Waals surface area contributed by atoms with Crippen LogP contribution in [0.5, 0.6) is 0 Å². The van der Waals surface area contributed by atoms with Gasteiger partial charge in [-0.2, -0.15) is 0 Å². The van der Waals surface area contributed by atoms with Crippen LogP contribution in [0, 0.1) is 13.8 Å². The summed E-state index contributed by atoms with van der Waals surface area (Å²) in [5.41, 5.74) is 1.80. The number of imide groups is 1. The van der Waals surface area contributed by atoms with Crippen molar-refractivity contribution >= 4 is 28.5 Å². The average molecular weight is 448 g/mol. The maximum Gasteiger partial charge on any atom is 0.325 e. The molecule has 1 unspecified atom stereocenters. The van der Waals surface area contributed by atoms with Gasteiger partial charge in [0.15, 0.2) is 5.78 Å². The molecule has 1 aliphatic rings. The van der Waals surface area contributed by atoms with Crippen LogP contribution in [0.25, 0.3) is 10.8 Å². The minimum atomic E-state index is -1.24. The Hall–Kier alpha value is -3.45. The Labute approximate surface area is 193 Å². The zero-order chi connectivity index (χ0) is 23.8. The predicted molar refractivity (Wildman–Crippen MR) is 126 cm³/mol. The number of aryl methyl sites for hydroxylation is 1. The zero-order valence-electron chi connectivity index (χ0n) is 19.5. The van der Waals surface area contributed by atoms with Gasteiger partial charge in [0.2, 0.25) is 0 Å². The van der Waals surface area contributed by atoms with E-state index in [0.29, 0.717) is 17.7 Å². The fourth-order valence-corrected chi connectivity index (χ4v) is 4.71. The van der Waals surface area contributed by atoms with Crippen molar-refractivity contribution in [1.29, 1.82) is 0 Å². The van der Waals surface area contributed by atoms with E-state index in [9.17, 15) is 14.4 Å². The first kappa shape index (κ1) is 22.7. The van der Waals surface area contributed by atoms with E-state index >= 15 is 0 Å². The van der Waals surface area contributed by atoms with E-state index in [4.69, 9.17) is 4.74 Å². The second kappa shape index (κ2) is 8.83. The van der Waals surface area contributed by atoms with E-state index in [1.54, 1.807) is 14.0 Å². The Bertz CT molecular complexity index is 1240. The Morgan fingerprint density at radius 1 is 1.09 bits per heavy atom. The summed E-state index contributed by atoms with van der Waals surface area (Å²) in [7, 11) is 1.66. The number of rotatable bonds is 8. The number of ketones is 1. The number of carbonyl (C=O) groups is 3. The summed E-state index contributed by atoms with van der Waals surface area (Å²) in [6.07, 6.45) is 0.830. The first-order valence-corrected chi connectivity index (χ1v) is 11.1. The summed E-state index contributed by atoms with van der Waals surface area (Å²) in [4.78, 5) is 40.5. The van der Waals surface area contributed by atoms with Crippen LogP contribution in [0.3, 0.4) is 0 Å². The lowest BCUT2D eigenvalue weighted by molar-refractivity contribution is -0.130. The van der Waals surface area contributed by atoms with Crippen molar-refractivity contribution in [3.8, 4) is 0 Å². The third-order valence-corrected chi connectivity index (χ3v) is 6.51. The van der Waals surface area contributed by atoms with Crippen molar-refractivity contribution in [1.82, 2.24) is 14.8 Å². The topological polar surface area (TPSA) is 80.6 Å². The molecule has 0 aliphatic carbocycles. The van der Waals surface area contributed by atoms with Gasteiger partial charge in [0.05, 0.1) is 6.54 Å². The molecule has 1 N–H and O–H groups in total. The number of benzene rings is 2. The molecule has 1 aliphatic heterocycles. The molecule has 1 aromatic heterocycles. The Kier molecular flexibility index (Phi) is 6.08. The average Bonchev–Trinajstić information content (AvgIpc) is 3.21. The molecule has 4 rings (SSSR count). The van der Waals surface area contributed by atoms with Crippen molar-refractivity contribution in [2.24, 2.45) is 0 Å². The lowest BCUT2D eigenvalue weighted by Crippen LogP contribution is -2.41. The Balaban J connectivity index is 1.59. The SMILES string of the molecule is COCCCn1c(C)cc(C(=O)CN2C(=O)NC(C)(c3cccc4ccccc34)C2=O)c1C. The molecule has 2 aromatic carbocycles. The van der Waals surface area contributed by atoms with Crippen LogP contribution in [0.2, 0.25) is 0 Å². The van der Waals surface area contributed by atoms with E-state index in [1.165, 1.54) is 0 Å². The second-order valence-corrected chi connectivity index (χ2v) is 8.68. The minimum Gasteiger partial charge on any atom is -0.385 e. The molecule has 1 fully saturated rings. The van der Waals surface area contributed by atoms with Crippen LogP contribution in [-0.4, -0.2) is 47.4 Å². The molecule has 172 valence electrons. The summed E-state index contributed by atoms with van der Waals surface area (Å²) in [6, 6.07) is 14.7. The van der Waals surface area contributed by atoms with Gasteiger partial charge in [-0.1, -0.05) is 42.5 Å². The molecule has 1 saturated heterocycles. The van der Waals surface area contributed by atoms with Crippen LogP contribution in [-0.2, 0) is 21.6 Å². The summed E-state index contributed by atoms with van der Waals surface area (Å²) >= 11 is 0. The number of nitrogens with zero attached hydrogens (tertiary/aromatic N) is 2. The van der Waals surface area contributed by atoms with E-state index in [-0.39, 0.29) is 12.3 Å². The zero-order valence-corrected chi connectivity index (χ0v) is 19.5. The first-order valence-electron chi connectivity index (χ1n) is 11.1. The maximum atomic E-state index is 13.5. The van der Waals surface area contributed by atoms with E-state index in [1.807, 2.05) is 62.4 Å². The number of methoxy groups -OCH3 is 1. The van der Waals surface area contributed by atoms with Gasteiger partial charge in [0, 0.05) is 37.2 Å². The van der Waals surface area contributed by atoms with Gasteiger partial charge in [-0.3, -0.25) is 14.5 Å². The van der Waals surface area contributed by atoms with Crippen molar-refractivity contribution < 1.29 is 19.1 Å². The number of carbonyl (C=O) groups excluding carboxylic acids is 3. The molecule has 1 atom stereocenters. The van der Waals surface area contributed by atoms with Gasteiger partial charge in [-0.25, -0.2) is 4.79 Å². The normalized spacial score (nSPS) is 18.2. The predicted octanol–water partition coefficient (Wildman–Crippen LogP) is 3.94. The molecular formula is C26H29N3O4. The number of fused-ring (bicyclic) bond motifs is 1. The number of nitrogens with one attached hydrogen (secondary N) is 1. The van der Waals surface area contributed by atoms with Crippen molar-refractivity contribution in [3.05, 3.63) is 71.0 Å². The lowest BCUT2D eigenvalue weighted by atomic mass is 9.88. The molecule has 0 saturated carbocycles. The van der Waals surface area contributed by atoms with Crippen molar-refractivity contribution in [2.75, 3.05) is 20.3 Å². The largest absolute Gasteiger partial charge is 0.385 e. The van der Waals surface area contributed by atoms with E-state index in [0.717, 1.165) is 40.0 Å². The molecule has 7 nitrogen and oxygen atoms in total. The highest BCUT2D eigenvalue weighted by atomic mass is 16.5. The highest BCUT2D eigenvalue weighted by Gasteiger charge is 2.50. The molecule has 3 aromatic rings. The fraction of sp³-hybridized carbons (Fsp3) is 0.346. The van der Waals surface area contributed by atoms with Crippen LogP contribution in [0.4, 0.5) is 4.79 Å². The summed E-state index contributed by atoms with van der Waals surface area (Å²) in [5, 5.41) is 4.70.